The largest absolute Gasteiger partial charge is 0.477 e. The van der Waals surface area contributed by atoms with Crippen LogP contribution in [0.15, 0.2) is 0 Å². The summed E-state index contributed by atoms with van der Waals surface area (Å²) in [6, 6.07) is -3.95. The van der Waals surface area contributed by atoms with Crippen molar-refractivity contribution in [2.45, 2.75) is 288 Å². The Labute approximate surface area is 650 Å². The molecular formula is C58H100N2O54P2. The molecule has 0 radical (unpaired) electrons. The number of aliphatic hydroxyl groups is 25. The minimum Gasteiger partial charge on any atom is -0.477 e. The maximum absolute atomic E-state index is 14.3. The van der Waals surface area contributed by atoms with Crippen LogP contribution >= 0.6 is 15.6 Å². The summed E-state index contributed by atoms with van der Waals surface area (Å²) in [4.78, 5) is 67.3. The Morgan fingerprint density at radius 3 is 1.23 bits per heavy atom. The number of carbonyl (C=O) groups is 2. The van der Waals surface area contributed by atoms with Crippen molar-refractivity contribution in [3.05, 3.63) is 0 Å². The molecule has 45 unspecified atom stereocenters. The second kappa shape index (κ2) is 40.1. The third-order valence-electron chi connectivity index (χ3n) is 20.6. The van der Waals surface area contributed by atoms with Crippen LogP contribution in [-0.4, -0.2) is 504 Å². The van der Waals surface area contributed by atoms with Gasteiger partial charge >= 0.3 is 27.6 Å². The first-order valence-electron chi connectivity index (χ1n) is 35.4. The van der Waals surface area contributed by atoms with E-state index in [2.05, 4.69) is 4.52 Å². The molecule has 0 aromatic rings. The Hall–Kier alpha value is -2.60. The van der Waals surface area contributed by atoms with Gasteiger partial charge < -0.3 is 249 Å². The third-order valence-corrected chi connectivity index (χ3v) is 21.6. The monoisotopic (exact) mass is 1750 g/mol. The van der Waals surface area contributed by atoms with Crippen LogP contribution in [0, 0.1) is 0 Å². The second-order valence-corrected chi connectivity index (χ2v) is 30.9. The molecule has 0 aliphatic carbocycles. The van der Waals surface area contributed by atoms with Gasteiger partial charge in [0.1, 0.15) is 195 Å². The molecule has 0 aromatic carbocycles. The topological polar surface area (TPSA) is 923 Å². The SMILES string of the molecule is NC1C(OP(=O)(O)O)OC(COC2OC(COC3(C(=O)O)CC(OC4(C(=O)O)CC(O)C(O)C(C(O)CO)O4)C(OC4OC(COC5OC(CO)C(O)C(O)C5OC5OC(CO)C(O)C(O)C5O)C(OC5OC(CO)C(O)C(O)C5O)C(OC5OC(CO)C(O)C(O)C5O)C4O)C(C(O)CO)O3)C(OP(=O)(O)O)C(O)C2N)C(O)C1O. The minimum absolute atomic E-state index is 1.08. The summed E-state index contributed by atoms with van der Waals surface area (Å²) < 4.78 is 133. The van der Waals surface area contributed by atoms with E-state index in [0.717, 1.165) is 0 Å². The van der Waals surface area contributed by atoms with Crippen molar-refractivity contribution in [2.75, 3.05) is 59.5 Å². The van der Waals surface area contributed by atoms with Crippen LogP contribution < -0.4 is 11.5 Å². The molecule has 676 valence electrons. The number of aliphatic hydroxyl groups excluding tert-OH is 25. The van der Waals surface area contributed by atoms with Crippen LogP contribution in [0.25, 0.3) is 0 Å². The first-order valence-corrected chi connectivity index (χ1v) is 38.5. The first-order chi connectivity index (χ1) is 54.2. The fourth-order valence-electron chi connectivity index (χ4n) is 14.2. The number of hydrogen-bond donors (Lipinski definition) is 33. The second-order valence-electron chi connectivity index (χ2n) is 28.5. The molecule has 9 aliphatic heterocycles. The van der Waals surface area contributed by atoms with Crippen molar-refractivity contribution in [2.24, 2.45) is 11.5 Å². The van der Waals surface area contributed by atoms with Gasteiger partial charge in [0.05, 0.1) is 83.8 Å². The van der Waals surface area contributed by atoms with E-state index in [-0.39, 0.29) is 0 Å². The molecular weight excluding hydrogens is 1650 g/mol. The highest BCUT2D eigenvalue weighted by molar-refractivity contribution is 7.46. The lowest BCUT2D eigenvalue weighted by Gasteiger charge is -2.53. The van der Waals surface area contributed by atoms with Crippen molar-refractivity contribution in [3.8, 4) is 0 Å². The fourth-order valence-corrected chi connectivity index (χ4v) is 15.2. The number of hydrogen-bond acceptors (Lipinski definition) is 50. The van der Waals surface area contributed by atoms with E-state index in [4.69, 9.17) is 96.5 Å². The predicted molar refractivity (Wildman–Crippen MR) is 345 cm³/mol. The summed E-state index contributed by atoms with van der Waals surface area (Å²) in [5, 5.41) is 298. The molecule has 9 rings (SSSR count). The smallest absolute Gasteiger partial charge is 0.471 e. The van der Waals surface area contributed by atoms with E-state index >= 15 is 0 Å². The van der Waals surface area contributed by atoms with Crippen LogP contribution in [0.1, 0.15) is 12.8 Å². The quantitative estimate of drug-likeness (QED) is 0.0271. The highest BCUT2D eigenvalue weighted by Gasteiger charge is 2.65. The van der Waals surface area contributed by atoms with Gasteiger partial charge in [0, 0.05) is 12.8 Å². The van der Waals surface area contributed by atoms with E-state index in [1.54, 1.807) is 0 Å². The van der Waals surface area contributed by atoms with Crippen molar-refractivity contribution in [1.29, 1.82) is 0 Å². The first kappa shape index (κ1) is 97.2. The molecule has 0 aromatic heterocycles. The van der Waals surface area contributed by atoms with Gasteiger partial charge in [-0.3, -0.25) is 9.05 Å². The molecule has 9 fully saturated rings. The zero-order chi connectivity index (χ0) is 86.2. The van der Waals surface area contributed by atoms with E-state index in [0.29, 0.717) is 0 Å². The number of phosphoric acid groups is 2. The number of rotatable bonds is 33. The van der Waals surface area contributed by atoms with Gasteiger partial charge in [0.25, 0.3) is 11.6 Å². The number of carboxylic acid groups (broad SMARTS) is 2. The highest BCUT2D eigenvalue weighted by Crippen LogP contribution is 2.47. The number of ether oxygens (including phenoxy) is 17. The Morgan fingerprint density at radius 2 is 0.750 bits per heavy atom. The molecule has 9 heterocycles. The lowest BCUT2D eigenvalue weighted by Crippen LogP contribution is -2.71. The van der Waals surface area contributed by atoms with Crippen LogP contribution in [0.5, 0.6) is 0 Å². The Bertz CT molecular complexity index is 3220. The lowest BCUT2D eigenvalue weighted by molar-refractivity contribution is -0.415. The Morgan fingerprint density at radius 1 is 0.371 bits per heavy atom. The van der Waals surface area contributed by atoms with Crippen molar-refractivity contribution < 1.29 is 266 Å². The van der Waals surface area contributed by atoms with Gasteiger partial charge in [-0.05, 0) is 0 Å². The standard InChI is InChI=1S/C58H100N2O54P2/c59-23-31(76)30(75)20(103-49(23)114-116(93,94)95)9-96-48-24(60)32(77)43(113-115(90,91)92)22(104-48)11-98-57(55(86)87)2-15(110-58(56(88)89)1-12(67)25(70)41(111-58)13(68)3-61)44(42(112-57)14(69)4-62)106-53-40(85)46(108-51-38(83)34(79)27(72)17(6-64)100-51)45(107-50-37(82)33(78)26(71)16(5-63)99-50)21(105-53)10-97-54-47(36(81)29(74)19(8-66)102-54)109-52-39(84)35(80)28(73)18(7-65)101-52/h12-54,61-85H,1-11,59-60H2,(H,86,87)(H,88,89)(H2,90,91,92)(H2,93,94,95). The molecule has 45 atom stereocenters. The third kappa shape index (κ3) is 21.3. The molecule has 116 heavy (non-hydrogen) atoms. The van der Waals surface area contributed by atoms with Crippen LogP contribution in [0.4, 0.5) is 0 Å². The van der Waals surface area contributed by atoms with Crippen molar-refractivity contribution in [1.82, 2.24) is 0 Å². The number of aliphatic carboxylic acids is 2. The molecule has 0 saturated carbocycles. The van der Waals surface area contributed by atoms with Crippen LogP contribution in [0.3, 0.4) is 0 Å². The fraction of sp³-hybridized carbons (Fsp3) is 0.966. The van der Waals surface area contributed by atoms with Crippen molar-refractivity contribution in [3.63, 3.8) is 0 Å². The molecule has 0 amide bonds. The summed E-state index contributed by atoms with van der Waals surface area (Å²) in [5.41, 5.74) is 11.9. The van der Waals surface area contributed by atoms with Gasteiger partial charge in [0.15, 0.2) is 44.0 Å². The van der Waals surface area contributed by atoms with Gasteiger partial charge in [-0.2, -0.15) is 0 Å². The number of carboxylic acids is 2. The molecule has 9 saturated heterocycles. The minimum atomic E-state index is -5.93. The van der Waals surface area contributed by atoms with E-state index in [1.807, 2.05) is 0 Å². The zero-order valence-electron chi connectivity index (χ0n) is 59.9. The van der Waals surface area contributed by atoms with Gasteiger partial charge in [0.2, 0.25) is 0 Å². The summed E-state index contributed by atoms with van der Waals surface area (Å²) >= 11 is 0. The maximum atomic E-state index is 14.3. The van der Waals surface area contributed by atoms with Crippen LogP contribution in [0.2, 0.25) is 0 Å². The molecule has 35 N–H and O–H groups in total. The Balaban J connectivity index is 1.16. The zero-order valence-corrected chi connectivity index (χ0v) is 61.7. The molecule has 58 heteroatoms. The van der Waals surface area contributed by atoms with E-state index in [9.17, 15) is 176 Å². The summed E-state index contributed by atoms with van der Waals surface area (Å²) in [5.74, 6) is -12.4. The lowest BCUT2D eigenvalue weighted by atomic mass is 9.89. The average Bonchev–Trinajstić information content (AvgIpc) is 0.741. The number of nitrogens with two attached hydrogens (primary N) is 2. The molecule has 9 aliphatic rings. The highest BCUT2D eigenvalue weighted by atomic mass is 31.2. The number of phosphoric ester groups is 2. The predicted octanol–water partition coefficient (Wildman–Crippen LogP) is -20.8. The van der Waals surface area contributed by atoms with Crippen molar-refractivity contribution >= 4 is 27.6 Å². The summed E-state index contributed by atoms with van der Waals surface area (Å²) in [6.07, 6.45) is -100. The van der Waals surface area contributed by atoms with E-state index in [1.165, 1.54) is 0 Å². The summed E-state index contributed by atoms with van der Waals surface area (Å²) in [6.45, 7) is -12.0. The molecule has 56 nitrogen and oxygen atoms in total. The van der Waals surface area contributed by atoms with Gasteiger partial charge in [-0.1, -0.05) is 0 Å². The van der Waals surface area contributed by atoms with E-state index < -0.39 is 375 Å². The maximum Gasteiger partial charge on any atom is 0.471 e. The van der Waals surface area contributed by atoms with Crippen LogP contribution in [-0.2, 0) is 108 Å². The molecule has 0 spiro atoms. The summed E-state index contributed by atoms with van der Waals surface area (Å²) in [7, 11) is -11.4. The normalized spacial score (nSPS) is 48.7. The Kier molecular flexibility index (Phi) is 33.6. The van der Waals surface area contributed by atoms with Gasteiger partial charge in [-0.15, -0.1) is 0 Å². The average molecular weight is 1750 g/mol. The van der Waals surface area contributed by atoms with Gasteiger partial charge in [-0.25, -0.2) is 18.7 Å². The molecule has 0 bridgehead atoms.